The van der Waals surface area contributed by atoms with Crippen LogP contribution in [0.3, 0.4) is 0 Å². The van der Waals surface area contributed by atoms with Crippen LogP contribution < -0.4 is 5.73 Å². The predicted molar refractivity (Wildman–Crippen MR) is 75.9 cm³/mol. The van der Waals surface area contributed by atoms with Crippen LogP contribution in [0.5, 0.6) is 0 Å². The first-order valence-electron chi connectivity index (χ1n) is 6.38. The summed E-state index contributed by atoms with van der Waals surface area (Å²) < 4.78 is 1.99. The highest BCUT2D eigenvalue weighted by Crippen LogP contribution is 2.23. The van der Waals surface area contributed by atoms with Crippen LogP contribution >= 0.6 is 0 Å². The molecule has 0 aliphatic carbocycles. The summed E-state index contributed by atoms with van der Waals surface area (Å²) in [6, 6.07) is 0. The molecule has 19 heavy (non-hydrogen) atoms. The molecule has 0 amide bonds. The van der Waals surface area contributed by atoms with Gasteiger partial charge in [-0.25, -0.2) is 15.0 Å². The molecule has 2 heterocycles. The maximum absolute atomic E-state index is 6.01. The van der Waals surface area contributed by atoms with Crippen molar-refractivity contribution in [3.63, 3.8) is 0 Å². The number of anilines is 1. The molecule has 0 aliphatic rings. The average molecular weight is 259 g/mol. The lowest BCUT2D eigenvalue weighted by molar-refractivity contribution is 0.541. The van der Waals surface area contributed by atoms with Gasteiger partial charge in [-0.15, -0.1) is 0 Å². The zero-order valence-corrected chi connectivity index (χ0v) is 12.2. The molecule has 0 atom stereocenters. The first kappa shape index (κ1) is 13.5. The molecule has 2 aromatic rings. The van der Waals surface area contributed by atoms with Crippen LogP contribution in [-0.4, -0.2) is 19.5 Å². The molecule has 0 saturated heterocycles. The van der Waals surface area contributed by atoms with Crippen molar-refractivity contribution >= 4 is 5.82 Å². The second-order valence-electron chi connectivity index (χ2n) is 5.89. The van der Waals surface area contributed by atoms with E-state index in [0.717, 1.165) is 22.9 Å². The maximum atomic E-state index is 6.01. The van der Waals surface area contributed by atoms with Crippen LogP contribution in [0.25, 0.3) is 0 Å². The summed E-state index contributed by atoms with van der Waals surface area (Å²) in [6.07, 6.45) is 4.39. The number of imidazole rings is 1. The Morgan fingerprint density at radius 2 is 1.95 bits per heavy atom. The van der Waals surface area contributed by atoms with Crippen LogP contribution in [0.4, 0.5) is 5.82 Å². The van der Waals surface area contributed by atoms with Crippen LogP contribution in [-0.2, 0) is 18.9 Å². The maximum Gasteiger partial charge on any atom is 0.136 e. The van der Waals surface area contributed by atoms with Gasteiger partial charge in [-0.1, -0.05) is 20.8 Å². The Labute approximate surface area is 113 Å². The van der Waals surface area contributed by atoms with Crippen LogP contribution in [0.1, 0.15) is 43.7 Å². The van der Waals surface area contributed by atoms with E-state index in [2.05, 4.69) is 35.7 Å². The average Bonchev–Trinajstić information content (AvgIpc) is 2.69. The standard InChI is InChI=1S/C14H21N5/c1-9-10(8-11-16-6-7-19(11)5)17-13(14(2,3)4)18-12(9)15/h6-7H,8H2,1-5H3,(H2,15,17,18). The smallest absolute Gasteiger partial charge is 0.136 e. The van der Waals surface area contributed by atoms with Gasteiger partial charge < -0.3 is 10.3 Å². The minimum absolute atomic E-state index is 0.113. The Bertz CT molecular complexity index is 592. The highest BCUT2D eigenvalue weighted by atomic mass is 15.0. The minimum Gasteiger partial charge on any atom is -0.383 e. The number of hydrogen-bond acceptors (Lipinski definition) is 4. The van der Waals surface area contributed by atoms with E-state index in [1.165, 1.54) is 0 Å². The molecule has 5 nitrogen and oxygen atoms in total. The molecule has 5 heteroatoms. The summed E-state index contributed by atoms with van der Waals surface area (Å²) >= 11 is 0. The highest BCUT2D eigenvalue weighted by Gasteiger charge is 2.20. The van der Waals surface area contributed by atoms with Gasteiger partial charge in [0.15, 0.2) is 0 Å². The Kier molecular flexibility index (Phi) is 3.30. The molecule has 0 radical (unpaired) electrons. The predicted octanol–water partition coefficient (Wildman–Crippen LogP) is 1.99. The molecule has 0 bridgehead atoms. The molecule has 0 aromatic carbocycles. The summed E-state index contributed by atoms with van der Waals surface area (Å²) in [7, 11) is 1.98. The minimum atomic E-state index is -0.113. The fraction of sp³-hybridized carbons (Fsp3) is 0.500. The first-order chi connectivity index (χ1) is 8.79. The Morgan fingerprint density at radius 3 is 2.47 bits per heavy atom. The third-order valence-electron chi connectivity index (χ3n) is 3.20. The molecule has 0 saturated carbocycles. The Balaban J connectivity index is 2.45. The number of nitrogens with zero attached hydrogens (tertiary/aromatic N) is 4. The lowest BCUT2D eigenvalue weighted by Crippen LogP contribution is -2.19. The van der Waals surface area contributed by atoms with Crippen molar-refractivity contribution in [3.8, 4) is 0 Å². The van der Waals surface area contributed by atoms with Crippen molar-refractivity contribution in [2.75, 3.05) is 5.73 Å². The van der Waals surface area contributed by atoms with Crippen molar-refractivity contribution in [1.29, 1.82) is 0 Å². The van der Waals surface area contributed by atoms with Gasteiger partial charge in [0.25, 0.3) is 0 Å². The van der Waals surface area contributed by atoms with Crippen molar-refractivity contribution in [2.45, 2.75) is 39.5 Å². The molecular formula is C14H21N5. The van der Waals surface area contributed by atoms with E-state index < -0.39 is 0 Å². The monoisotopic (exact) mass is 259 g/mol. The SMILES string of the molecule is Cc1c(N)nc(C(C)(C)C)nc1Cc1nccn1C. The summed E-state index contributed by atoms with van der Waals surface area (Å²) in [6.45, 7) is 8.21. The third-order valence-corrected chi connectivity index (χ3v) is 3.20. The van der Waals surface area contributed by atoms with Crippen LogP contribution in [0, 0.1) is 6.92 Å². The van der Waals surface area contributed by atoms with Gasteiger partial charge in [-0.2, -0.15) is 0 Å². The van der Waals surface area contributed by atoms with Crippen molar-refractivity contribution in [1.82, 2.24) is 19.5 Å². The summed E-state index contributed by atoms with van der Waals surface area (Å²) in [5.41, 5.74) is 7.79. The molecule has 0 fully saturated rings. The normalized spacial score (nSPS) is 11.8. The van der Waals surface area contributed by atoms with Gasteiger partial charge in [-0.3, -0.25) is 0 Å². The number of aromatic nitrogens is 4. The highest BCUT2D eigenvalue weighted by molar-refractivity contribution is 5.42. The molecular weight excluding hydrogens is 238 g/mol. The van der Waals surface area contributed by atoms with Crippen LogP contribution in [0.2, 0.25) is 0 Å². The van der Waals surface area contributed by atoms with Gasteiger partial charge in [0.2, 0.25) is 0 Å². The lowest BCUT2D eigenvalue weighted by atomic mass is 9.95. The van der Waals surface area contributed by atoms with E-state index in [-0.39, 0.29) is 5.41 Å². The second kappa shape index (κ2) is 4.64. The first-order valence-corrected chi connectivity index (χ1v) is 6.38. The van der Waals surface area contributed by atoms with E-state index in [4.69, 9.17) is 5.73 Å². The largest absolute Gasteiger partial charge is 0.383 e. The van der Waals surface area contributed by atoms with Gasteiger partial charge in [0.1, 0.15) is 17.5 Å². The van der Waals surface area contributed by atoms with E-state index in [9.17, 15) is 0 Å². The van der Waals surface area contributed by atoms with Crippen molar-refractivity contribution in [2.24, 2.45) is 7.05 Å². The van der Waals surface area contributed by atoms with Gasteiger partial charge in [-0.05, 0) is 6.92 Å². The molecule has 0 unspecified atom stereocenters. The van der Waals surface area contributed by atoms with E-state index in [0.29, 0.717) is 12.2 Å². The fourth-order valence-corrected chi connectivity index (χ4v) is 1.81. The van der Waals surface area contributed by atoms with Gasteiger partial charge >= 0.3 is 0 Å². The lowest BCUT2D eigenvalue weighted by Gasteiger charge is -2.19. The third kappa shape index (κ3) is 2.75. The quantitative estimate of drug-likeness (QED) is 0.895. The second-order valence-corrected chi connectivity index (χ2v) is 5.89. The molecule has 2 N–H and O–H groups in total. The zero-order valence-electron chi connectivity index (χ0n) is 12.2. The zero-order chi connectivity index (χ0) is 14.2. The topological polar surface area (TPSA) is 69.6 Å². The van der Waals surface area contributed by atoms with E-state index >= 15 is 0 Å². The number of rotatable bonds is 2. The molecule has 0 spiro atoms. The number of aryl methyl sites for hydroxylation is 1. The molecule has 102 valence electrons. The molecule has 0 aliphatic heterocycles. The summed E-state index contributed by atoms with van der Waals surface area (Å²) in [5, 5.41) is 0. The summed E-state index contributed by atoms with van der Waals surface area (Å²) in [4.78, 5) is 13.4. The number of nitrogens with two attached hydrogens (primary N) is 1. The van der Waals surface area contributed by atoms with Gasteiger partial charge in [0, 0.05) is 36.8 Å². The fourth-order valence-electron chi connectivity index (χ4n) is 1.81. The van der Waals surface area contributed by atoms with E-state index in [1.807, 2.05) is 24.7 Å². The van der Waals surface area contributed by atoms with Crippen molar-refractivity contribution < 1.29 is 0 Å². The molecule has 2 aromatic heterocycles. The van der Waals surface area contributed by atoms with E-state index in [1.54, 1.807) is 6.20 Å². The van der Waals surface area contributed by atoms with Crippen LogP contribution in [0.15, 0.2) is 12.4 Å². The Morgan fingerprint density at radius 1 is 1.26 bits per heavy atom. The number of hydrogen-bond donors (Lipinski definition) is 1. The molecule has 2 rings (SSSR count). The van der Waals surface area contributed by atoms with Gasteiger partial charge in [0.05, 0.1) is 5.69 Å². The summed E-state index contributed by atoms with van der Waals surface area (Å²) in [5.74, 6) is 2.31. The van der Waals surface area contributed by atoms with Crippen molar-refractivity contribution in [3.05, 3.63) is 35.3 Å². The Hall–Kier alpha value is -1.91. The number of nitrogen functional groups attached to an aromatic ring is 1.